The highest BCUT2D eigenvalue weighted by Crippen LogP contribution is 2.27. The van der Waals surface area contributed by atoms with Crippen molar-refractivity contribution in [3.05, 3.63) is 84.0 Å². The van der Waals surface area contributed by atoms with Crippen LogP contribution >= 0.6 is 0 Å². The van der Waals surface area contributed by atoms with Gasteiger partial charge in [-0.3, -0.25) is 9.78 Å². The molecular weight excluding hydrogens is 355 g/mol. The van der Waals surface area contributed by atoms with Crippen LogP contribution < -0.4 is 0 Å². The molecule has 0 N–H and O–H groups in total. The van der Waals surface area contributed by atoms with Crippen molar-refractivity contribution in [1.29, 1.82) is 0 Å². The first-order valence-electron chi connectivity index (χ1n) is 9.62. The molecule has 0 radical (unpaired) electrons. The number of hydrogen-bond acceptors (Lipinski definition) is 3. The van der Waals surface area contributed by atoms with Gasteiger partial charge in [0.2, 0.25) is 5.91 Å². The topological polar surface area (TPSA) is 51.0 Å². The SMILES string of the molecule is O=C(Cc1ccccc1F)N1CCC(c2nccn2Cc2cccnc2)CC1. The minimum atomic E-state index is -0.317. The molecule has 4 rings (SSSR count). The second-order valence-electron chi connectivity index (χ2n) is 7.20. The molecule has 1 aliphatic heterocycles. The number of pyridine rings is 1. The Labute approximate surface area is 163 Å². The quantitative estimate of drug-likeness (QED) is 0.684. The minimum Gasteiger partial charge on any atom is -0.342 e. The molecule has 1 aromatic carbocycles. The van der Waals surface area contributed by atoms with Crippen molar-refractivity contribution in [3.63, 3.8) is 0 Å². The Morgan fingerprint density at radius 3 is 2.68 bits per heavy atom. The van der Waals surface area contributed by atoms with Crippen LogP contribution in [0.4, 0.5) is 4.39 Å². The minimum absolute atomic E-state index is 0.0118. The lowest BCUT2D eigenvalue weighted by Gasteiger charge is -2.32. The van der Waals surface area contributed by atoms with Gasteiger partial charge in [-0.1, -0.05) is 24.3 Å². The first kappa shape index (κ1) is 18.3. The molecule has 144 valence electrons. The molecule has 1 amide bonds. The highest BCUT2D eigenvalue weighted by Gasteiger charge is 2.26. The van der Waals surface area contributed by atoms with Crippen molar-refractivity contribution in [3.8, 4) is 0 Å². The van der Waals surface area contributed by atoms with Crippen LogP contribution in [0.3, 0.4) is 0 Å². The zero-order chi connectivity index (χ0) is 19.3. The summed E-state index contributed by atoms with van der Waals surface area (Å²) in [6.45, 7) is 2.10. The molecule has 0 unspecified atom stereocenters. The van der Waals surface area contributed by atoms with Gasteiger partial charge < -0.3 is 9.47 Å². The van der Waals surface area contributed by atoms with Gasteiger partial charge in [-0.2, -0.15) is 0 Å². The maximum Gasteiger partial charge on any atom is 0.227 e. The second-order valence-corrected chi connectivity index (χ2v) is 7.20. The van der Waals surface area contributed by atoms with Gasteiger partial charge >= 0.3 is 0 Å². The van der Waals surface area contributed by atoms with Gasteiger partial charge in [0.15, 0.2) is 0 Å². The zero-order valence-electron chi connectivity index (χ0n) is 15.7. The fraction of sp³-hybridized carbons (Fsp3) is 0.318. The number of aromatic nitrogens is 3. The van der Waals surface area contributed by atoms with Gasteiger partial charge in [0, 0.05) is 43.8 Å². The Hall–Kier alpha value is -3.02. The predicted molar refractivity (Wildman–Crippen MR) is 104 cm³/mol. The van der Waals surface area contributed by atoms with E-state index in [-0.39, 0.29) is 18.1 Å². The van der Waals surface area contributed by atoms with Crippen LogP contribution in [0.5, 0.6) is 0 Å². The third kappa shape index (κ3) is 4.11. The van der Waals surface area contributed by atoms with Crippen molar-refractivity contribution >= 4 is 5.91 Å². The van der Waals surface area contributed by atoms with E-state index in [1.165, 1.54) is 6.07 Å². The van der Waals surface area contributed by atoms with Crippen molar-refractivity contribution < 1.29 is 9.18 Å². The average Bonchev–Trinajstić information content (AvgIpc) is 3.18. The Morgan fingerprint density at radius 2 is 1.93 bits per heavy atom. The summed E-state index contributed by atoms with van der Waals surface area (Å²) in [4.78, 5) is 23.1. The maximum atomic E-state index is 13.8. The molecule has 3 aromatic rings. The van der Waals surface area contributed by atoms with Crippen LogP contribution in [-0.4, -0.2) is 38.4 Å². The molecule has 0 saturated carbocycles. The first-order valence-corrected chi connectivity index (χ1v) is 9.62. The number of likely N-dealkylation sites (tertiary alicyclic amines) is 1. The number of imidazole rings is 1. The summed E-state index contributed by atoms with van der Waals surface area (Å²) in [5, 5.41) is 0. The van der Waals surface area contributed by atoms with Gasteiger partial charge in [0.1, 0.15) is 11.6 Å². The van der Waals surface area contributed by atoms with Crippen molar-refractivity contribution in [1.82, 2.24) is 19.4 Å². The first-order chi connectivity index (χ1) is 13.7. The number of amides is 1. The van der Waals surface area contributed by atoms with Crippen LogP contribution in [0.25, 0.3) is 0 Å². The summed E-state index contributed by atoms with van der Waals surface area (Å²) in [5.74, 6) is 1.06. The van der Waals surface area contributed by atoms with Gasteiger partial charge in [0.25, 0.3) is 0 Å². The Morgan fingerprint density at radius 1 is 1.11 bits per heavy atom. The summed E-state index contributed by atoms with van der Waals surface area (Å²) >= 11 is 0. The highest BCUT2D eigenvalue weighted by atomic mass is 19.1. The molecule has 28 heavy (non-hydrogen) atoms. The predicted octanol–water partition coefficient (Wildman–Crippen LogP) is 3.41. The molecular formula is C22H23FN4O. The zero-order valence-corrected chi connectivity index (χ0v) is 15.7. The Kier molecular flexibility index (Phi) is 5.46. The van der Waals surface area contributed by atoms with Crippen LogP contribution in [0.2, 0.25) is 0 Å². The Bertz CT molecular complexity index is 932. The lowest BCUT2D eigenvalue weighted by molar-refractivity contribution is -0.131. The average molecular weight is 378 g/mol. The van der Waals surface area contributed by atoms with E-state index in [1.807, 2.05) is 29.6 Å². The van der Waals surface area contributed by atoms with Gasteiger partial charge in [0.05, 0.1) is 13.0 Å². The fourth-order valence-electron chi connectivity index (χ4n) is 3.81. The molecule has 0 aliphatic carbocycles. The van der Waals surface area contributed by atoms with Crippen molar-refractivity contribution in [2.75, 3.05) is 13.1 Å². The maximum absolute atomic E-state index is 13.8. The molecule has 3 heterocycles. The molecule has 2 aromatic heterocycles. The lowest BCUT2D eigenvalue weighted by Crippen LogP contribution is -2.39. The van der Waals surface area contributed by atoms with E-state index in [1.54, 1.807) is 24.4 Å². The van der Waals surface area contributed by atoms with Gasteiger partial charge in [-0.05, 0) is 36.1 Å². The van der Waals surface area contributed by atoms with Crippen molar-refractivity contribution in [2.24, 2.45) is 0 Å². The second kappa shape index (κ2) is 8.33. The number of piperidine rings is 1. The summed E-state index contributed by atoms with van der Waals surface area (Å²) in [5.41, 5.74) is 1.60. The fourth-order valence-corrected chi connectivity index (χ4v) is 3.81. The third-order valence-corrected chi connectivity index (χ3v) is 5.34. The van der Waals surface area contributed by atoms with Crippen LogP contribution in [0.15, 0.2) is 61.2 Å². The van der Waals surface area contributed by atoms with E-state index >= 15 is 0 Å². The molecule has 0 atom stereocenters. The number of benzene rings is 1. The largest absolute Gasteiger partial charge is 0.342 e. The Balaban J connectivity index is 1.36. The van der Waals surface area contributed by atoms with E-state index in [4.69, 9.17) is 0 Å². The van der Waals surface area contributed by atoms with E-state index in [0.29, 0.717) is 24.6 Å². The van der Waals surface area contributed by atoms with E-state index in [0.717, 1.165) is 30.8 Å². The molecule has 1 aliphatic rings. The monoisotopic (exact) mass is 378 g/mol. The molecule has 6 heteroatoms. The third-order valence-electron chi connectivity index (χ3n) is 5.34. The van der Waals surface area contributed by atoms with Crippen LogP contribution in [0.1, 0.15) is 35.7 Å². The number of nitrogens with zero attached hydrogens (tertiary/aromatic N) is 4. The standard InChI is InChI=1S/C22H23FN4O/c23-20-6-2-1-5-19(20)14-21(28)26-11-7-18(8-12-26)22-25-10-13-27(22)16-17-4-3-9-24-15-17/h1-6,9-10,13,15,18H,7-8,11-12,14,16H2. The van der Waals surface area contributed by atoms with E-state index in [9.17, 15) is 9.18 Å². The number of carbonyl (C=O) groups excluding carboxylic acids is 1. The number of carbonyl (C=O) groups is 1. The summed E-state index contributed by atoms with van der Waals surface area (Å²) in [6.07, 6.45) is 9.33. The summed E-state index contributed by atoms with van der Waals surface area (Å²) < 4.78 is 16.0. The van der Waals surface area contributed by atoms with E-state index in [2.05, 4.69) is 20.6 Å². The van der Waals surface area contributed by atoms with Crippen molar-refractivity contribution in [2.45, 2.75) is 31.7 Å². The van der Waals surface area contributed by atoms with Crippen LogP contribution in [-0.2, 0) is 17.8 Å². The molecule has 0 spiro atoms. The number of rotatable bonds is 5. The molecule has 1 saturated heterocycles. The number of halogens is 1. The van der Waals surface area contributed by atoms with E-state index < -0.39 is 0 Å². The van der Waals surface area contributed by atoms with Gasteiger partial charge in [-0.15, -0.1) is 0 Å². The van der Waals surface area contributed by atoms with Crippen LogP contribution in [0, 0.1) is 5.82 Å². The summed E-state index contributed by atoms with van der Waals surface area (Å²) in [6, 6.07) is 10.5. The van der Waals surface area contributed by atoms with Gasteiger partial charge in [-0.25, -0.2) is 9.37 Å². The number of hydrogen-bond donors (Lipinski definition) is 0. The smallest absolute Gasteiger partial charge is 0.227 e. The molecule has 1 fully saturated rings. The normalized spacial score (nSPS) is 15.0. The lowest BCUT2D eigenvalue weighted by atomic mass is 9.95. The molecule has 5 nitrogen and oxygen atoms in total. The molecule has 0 bridgehead atoms. The highest BCUT2D eigenvalue weighted by molar-refractivity contribution is 5.78. The summed E-state index contributed by atoms with van der Waals surface area (Å²) in [7, 11) is 0.